The Hall–Kier alpha value is -1.51. The molecule has 0 aliphatic carbocycles. The molecule has 8 heteroatoms. The Morgan fingerprint density at radius 2 is 2.11 bits per heavy atom. The number of amides is 1. The number of rotatable bonds is 5. The van der Waals surface area contributed by atoms with Crippen molar-refractivity contribution in [2.24, 2.45) is 5.73 Å². The van der Waals surface area contributed by atoms with Crippen LogP contribution in [-0.4, -0.2) is 27.4 Å². The van der Waals surface area contributed by atoms with Crippen LogP contribution in [0.1, 0.15) is 12.5 Å². The third kappa shape index (κ3) is 3.72. The fourth-order valence-electron chi connectivity index (χ4n) is 1.45. The molecule has 106 valence electrons. The lowest BCUT2D eigenvalue weighted by Gasteiger charge is -2.13. The van der Waals surface area contributed by atoms with Crippen LogP contribution < -0.4 is 15.8 Å². The molecule has 4 N–H and O–H groups in total. The second-order valence-electron chi connectivity index (χ2n) is 3.91. The summed E-state index contributed by atoms with van der Waals surface area (Å²) in [5.74, 6) is -1.04. The predicted octanol–water partition coefficient (Wildman–Crippen LogP) is -0.303. The zero-order chi connectivity index (χ0) is 14.6. The summed E-state index contributed by atoms with van der Waals surface area (Å²) in [6.07, 6.45) is 0. The molecule has 1 unspecified atom stereocenters. The molecule has 0 aliphatic heterocycles. The molecule has 1 atom stereocenters. The largest absolute Gasteiger partial charge is 0.358 e. The van der Waals surface area contributed by atoms with Crippen molar-refractivity contribution in [3.05, 3.63) is 29.6 Å². The number of hydrogen-bond donors (Lipinski definition) is 3. The van der Waals surface area contributed by atoms with Gasteiger partial charge in [0.2, 0.25) is 15.9 Å². The first-order valence-electron chi connectivity index (χ1n) is 5.54. The lowest BCUT2D eigenvalue weighted by Crippen LogP contribution is -2.43. The van der Waals surface area contributed by atoms with E-state index in [0.717, 1.165) is 18.2 Å². The molecule has 6 nitrogen and oxygen atoms in total. The van der Waals surface area contributed by atoms with Crippen molar-refractivity contribution in [2.45, 2.75) is 24.4 Å². The summed E-state index contributed by atoms with van der Waals surface area (Å²) in [7, 11) is -2.50. The molecule has 0 aliphatic rings. The van der Waals surface area contributed by atoms with Crippen molar-refractivity contribution in [3.8, 4) is 0 Å². The molecule has 19 heavy (non-hydrogen) atoms. The molecular formula is C11H16FN3O3S. The first kappa shape index (κ1) is 15.5. The Morgan fingerprint density at radius 1 is 1.47 bits per heavy atom. The highest BCUT2D eigenvalue weighted by Crippen LogP contribution is 2.15. The number of hydrogen-bond acceptors (Lipinski definition) is 4. The normalized spacial score (nSPS) is 13.1. The summed E-state index contributed by atoms with van der Waals surface area (Å²) in [5.41, 5.74) is 5.41. The van der Waals surface area contributed by atoms with Crippen LogP contribution in [0.25, 0.3) is 0 Å². The second-order valence-corrected chi connectivity index (χ2v) is 5.63. The Labute approximate surface area is 111 Å². The Balaban J connectivity index is 3.04. The lowest BCUT2D eigenvalue weighted by atomic mass is 10.2. The van der Waals surface area contributed by atoms with Crippen molar-refractivity contribution >= 4 is 15.9 Å². The van der Waals surface area contributed by atoms with Gasteiger partial charge in [0.1, 0.15) is 5.82 Å². The second kappa shape index (κ2) is 6.09. The quantitative estimate of drug-likeness (QED) is 0.692. The molecule has 0 radical (unpaired) electrons. The smallest absolute Gasteiger partial charge is 0.241 e. The van der Waals surface area contributed by atoms with Gasteiger partial charge in [-0.3, -0.25) is 4.79 Å². The predicted molar refractivity (Wildman–Crippen MR) is 68.1 cm³/mol. The molecule has 0 saturated heterocycles. The zero-order valence-corrected chi connectivity index (χ0v) is 11.4. The van der Waals surface area contributed by atoms with Gasteiger partial charge < -0.3 is 11.1 Å². The zero-order valence-electron chi connectivity index (χ0n) is 10.6. The number of nitrogens with two attached hydrogens (primary N) is 1. The number of sulfonamides is 1. The standard InChI is InChI=1S/C11H16FN3O3S/c1-7(11(16)14-2)15-19(17,18)9-3-4-10(12)8(5-9)6-13/h3-5,7,15H,6,13H2,1-2H3,(H,14,16). The highest BCUT2D eigenvalue weighted by atomic mass is 32.2. The van der Waals surface area contributed by atoms with E-state index in [2.05, 4.69) is 10.0 Å². The molecule has 0 aromatic heterocycles. The van der Waals surface area contributed by atoms with E-state index in [1.807, 2.05) is 0 Å². The number of carbonyl (C=O) groups excluding carboxylic acids is 1. The lowest BCUT2D eigenvalue weighted by molar-refractivity contribution is -0.121. The van der Waals surface area contributed by atoms with Gasteiger partial charge in [0.25, 0.3) is 0 Å². The summed E-state index contributed by atoms with van der Waals surface area (Å²) < 4.78 is 39.4. The number of carbonyl (C=O) groups is 1. The van der Waals surface area contributed by atoms with E-state index < -0.39 is 27.8 Å². The molecule has 0 fully saturated rings. The number of halogens is 1. The summed E-state index contributed by atoms with van der Waals surface area (Å²) in [5, 5.41) is 2.32. The van der Waals surface area contributed by atoms with E-state index in [-0.39, 0.29) is 17.0 Å². The molecule has 0 spiro atoms. The highest BCUT2D eigenvalue weighted by Gasteiger charge is 2.22. The maximum atomic E-state index is 13.2. The van der Waals surface area contributed by atoms with Gasteiger partial charge in [-0.25, -0.2) is 12.8 Å². The molecule has 1 aromatic carbocycles. The average Bonchev–Trinajstić information content (AvgIpc) is 2.37. The van der Waals surface area contributed by atoms with E-state index in [1.165, 1.54) is 14.0 Å². The Morgan fingerprint density at radius 3 is 2.63 bits per heavy atom. The first-order chi connectivity index (χ1) is 8.81. The Kier molecular flexibility index (Phi) is 4.98. The molecule has 0 saturated carbocycles. The topological polar surface area (TPSA) is 101 Å². The van der Waals surface area contributed by atoms with Crippen molar-refractivity contribution in [2.75, 3.05) is 7.05 Å². The third-order valence-electron chi connectivity index (χ3n) is 2.52. The van der Waals surface area contributed by atoms with Gasteiger partial charge in [-0.2, -0.15) is 4.72 Å². The number of likely N-dealkylation sites (N-methyl/N-ethyl adjacent to an activating group) is 1. The molecule has 1 aromatic rings. The Bertz CT molecular complexity index is 575. The van der Waals surface area contributed by atoms with E-state index in [9.17, 15) is 17.6 Å². The van der Waals surface area contributed by atoms with E-state index in [4.69, 9.17) is 5.73 Å². The maximum Gasteiger partial charge on any atom is 0.241 e. The molecule has 1 rings (SSSR count). The van der Waals surface area contributed by atoms with Crippen molar-refractivity contribution in [1.29, 1.82) is 0 Å². The van der Waals surface area contributed by atoms with Gasteiger partial charge in [-0.05, 0) is 25.1 Å². The summed E-state index contributed by atoms with van der Waals surface area (Å²) >= 11 is 0. The SMILES string of the molecule is CNC(=O)C(C)NS(=O)(=O)c1ccc(F)c(CN)c1. The monoisotopic (exact) mass is 289 g/mol. The summed E-state index contributed by atoms with van der Waals surface area (Å²) in [4.78, 5) is 11.1. The fraction of sp³-hybridized carbons (Fsp3) is 0.364. The van der Waals surface area contributed by atoms with Gasteiger partial charge in [-0.1, -0.05) is 0 Å². The van der Waals surface area contributed by atoms with Crippen LogP contribution in [0, 0.1) is 5.82 Å². The summed E-state index contributed by atoms with van der Waals surface area (Å²) in [6.45, 7) is 1.30. The molecule has 1 amide bonds. The van der Waals surface area contributed by atoms with Crippen molar-refractivity contribution < 1.29 is 17.6 Å². The highest BCUT2D eigenvalue weighted by molar-refractivity contribution is 7.89. The number of benzene rings is 1. The number of nitrogens with one attached hydrogen (secondary N) is 2. The van der Waals surface area contributed by atoms with Gasteiger partial charge >= 0.3 is 0 Å². The summed E-state index contributed by atoms with van der Waals surface area (Å²) in [6, 6.07) is 2.37. The van der Waals surface area contributed by atoms with Crippen molar-refractivity contribution in [3.63, 3.8) is 0 Å². The van der Waals surface area contributed by atoms with Crippen LogP contribution in [0.5, 0.6) is 0 Å². The van der Waals surface area contributed by atoms with E-state index in [0.29, 0.717) is 0 Å². The molecular weight excluding hydrogens is 273 g/mol. The van der Waals surface area contributed by atoms with Crippen LogP contribution in [0.4, 0.5) is 4.39 Å². The minimum Gasteiger partial charge on any atom is -0.358 e. The molecule has 0 bridgehead atoms. The minimum absolute atomic E-state index is 0.0930. The van der Waals surface area contributed by atoms with Crippen LogP contribution in [0.3, 0.4) is 0 Å². The van der Waals surface area contributed by atoms with E-state index in [1.54, 1.807) is 0 Å². The van der Waals surface area contributed by atoms with Gasteiger partial charge in [0.05, 0.1) is 10.9 Å². The van der Waals surface area contributed by atoms with Gasteiger partial charge in [-0.15, -0.1) is 0 Å². The maximum absolute atomic E-state index is 13.2. The van der Waals surface area contributed by atoms with Gasteiger partial charge in [0, 0.05) is 19.2 Å². The average molecular weight is 289 g/mol. The molecule has 0 heterocycles. The van der Waals surface area contributed by atoms with Gasteiger partial charge in [0.15, 0.2) is 0 Å². The fourth-order valence-corrected chi connectivity index (χ4v) is 2.70. The first-order valence-corrected chi connectivity index (χ1v) is 7.02. The van der Waals surface area contributed by atoms with Crippen LogP contribution in [0.15, 0.2) is 23.1 Å². The minimum atomic E-state index is -3.90. The van der Waals surface area contributed by atoms with Crippen LogP contribution in [-0.2, 0) is 21.4 Å². The van der Waals surface area contributed by atoms with Crippen LogP contribution >= 0.6 is 0 Å². The van der Waals surface area contributed by atoms with Crippen molar-refractivity contribution in [1.82, 2.24) is 10.0 Å². The van der Waals surface area contributed by atoms with Crippen LogP contribution in [0.2, 0.25) is 0 Å². The third-order valence-corrected chi connectivity index (χ3v) is 4.06. The van der Waals surface area contributed by atoms with E-state index >= 15 is 0 Å².